The smallest absolute Gasteiger partial charge is 0.0521 e. The lowest BCUT2D eigenvalue weighted by molar-refractivity contribution is 0.419. The third kappa shape index (κ3) is 4.79. The molecule has 0 saturated heterocycles. The molecule has 0 aliphatic carbocycles. The summed E-state index contributed by atoms with van der Waals surface area (Å²) in [6, 6.07) is 0. The summed E-state index contributed by atoms with van der Waals surface area (Å²) in [5.74, 6) is 0.810. The Morgan fingerprint density at radius 3 is 2.75 bits per heavy atom. The Balaban J connectivity index is 2.30. The van der Waals surface area contributed by atoms with Gasteiger partial charge in [0.2, 0.25) is 0 Å². The Hall–Kier alpha value is -0.830. The number of hydrogen-bond acceptors (Lipinski definition) is 2. The highest BCUT2D eigenvalue weighted by atomic mass is 15.2. The topological polar surface area (TPSA) is 29.9 Å². The maximum absolute atomic E-state index is 4.20. The molecule has 1 rings (SSSR count). The Kier molecular flexibility index (Phi) is 6.16. The average Bonchev–Trinajstić information content (AvgIpc) is 2.68. The zero-order valence-electron chi connectivity index (χ0n) is 10.9. The highest BCUT2D eigenvalue weighted by Crippen LogP contribution is 2.14. The maximum atomic E-state index is 4.20. The summed E-state index contributed by atoms with van der Waals surface area (Å²) < 4.78 is 1.88. The zero-order valence-corrected chi connectivity index (χ0v) is 10.9. The third-order valence-corrected chi connectivity index (χ3v) is 2.98. The molecule has 1 heterocycles. The Bertz CT molecular complexity index is 280. The molecule has 0 aliphatic heterocycles. The van der Waals surface area contributed by atoms with Crippen LogP contribution in [-0.4, -0.2) is 22.9 Å². The minimum Gasteiger partial charge on any atom is -0.317 e. The van der Waals surface area contributed by atoms with Gasteiger partial charge in [-0.15, -0.1) is 0 Å². The molecule has 0 amide bonds. The molecule has 0 radical (unpaired) electrons. The van der Waals surface area contributed by atoms with Gasteiger partial charge in [-0.1, -0.05) is 20.3 Å². The van der Waals surface area contributed by atoms with E-state index >= 15 is 0 Å². The first kappa shape index (κ1) is 13.2. The molecule has 1 atom stereocenters. The molecule has 0 spiro atoms. The molecule has 1 N–H and O–H groups in total. The van der Waals surface area contributed by atoms with Crippen LogP contribution in [0.1, 0.15) is 38.7 Å². The molecule has 0 aromatic carbocycles. The quantitative estimate of drug-likeness (QED) is 0.733. The largest absolute Gasteiger partial charge is 0.317 e. The summed E-state index contributed by atoms with van der Waals surface area (Å²) in [6.45, 7) is 6.67. The van der Waals surface area contributed by atoms with E-state index in [1.165, 1.54) is 24.8 Å². The van der Waals surface area contributed by atoms with Crippen molar-refractivity contribution >= 4 is 0 Å². The van der Waals surface area contributed by atoms with Crippen molar-refractivity contribution in [1.82, 2.24) is 15.1 Å². The molecule has 1 aromatic rings. The monoisotopic (exact) mass is 223 g/mol. The van der Waals surface area contributed by atoms with Gasteiger partial charge in [0.25, 0.3) is 0 Å². The second kappa shape index (κ2) is 7.44. The van der Waals surface area contributed by atoms with Gasteiger partial charge in [-0.25, -0.2) is 0 Å². The molecule has 92 valence electrons. The lowest BCUT2D eigenvalue weighted by atomic mass is 9.96. The van der Waals surface area contributed by atoms with Crippen LogP contribution >= 0.6 is 0 Å². The van der Waals surface area contributed by atoms with E-state index < -0.39 is 0 Å². The Morgan fingerprint density at radius 1 is 1.38 bits per heavy atom. The van der Waals surface area contributed by atoms with Gasteiger partial charge in [-0.2, -0.15) is 5.10 Å². The van der Waals surface area contributed by atoms with Gasteiger partial charge in [-0.3, -0.25) is 4.68 Å². The zero-order chi connectivity index (χ0) is 11.8. The number of nitrogens with zero attached hydrogens (tertiary/aromatic N) is 2. The second-order valence-electron chi connectivity index (χ2n) is 4.52. The van der Waals surface area contributed by atoms with Gasteiger partial charge in [0.15, 0.2) is 0 Å². The lowest BCUT2D eigenvalue weighted by Crippen LogP contribution is -2.22. The number of rotatable bonds is 8. The Morgan fingerprint density at radius 2 is 2.19 bits per heavy atom. The van der Waals surface area contributed by atoms with Crippen molar-refractivity contribution in [2.24, 2.45) is 13.0 Å². The molecule has 0 fully saturated rings. The van der Waals surface area contributed by atoms with Gasteiger partial charge >= 0.3 is 0 Å². The summed E-state index contributed by atoms with van der Waals surface area (Å²) in [4.78, 5) is 0. The number of nitrogens with one attached hydrogen (secondary N) is 1. The van der Waals surface area contributed by atoms with E-state index in [0.29, 0.717) is 0 Å². The first-order chi connectivity index (χ1) is 7.76. The van der Waals surface area contributed by atoms with Gasteiger partial charge < -0.3 is 5.32 Å². The SMILES string of the molecule is CCCC(CCc1cnn(C)c1)CNCC. The van der Waals surface area contributed by atoms with Crippen LogP contribution < -0.4 is 5.32 Å². The molecule has 3 heteroatoms. The van der Waals surface area contributed by atoms with Crippen molar-refractivity contribution in [2.45, 2.75) is 39.5 Å². The fourth-order valence-electron chi connectivity index (χ4n) is 2.08. The first-order valence-corrected chi connectivity index (χ1v) is 6.44. The van der Waals surface area contributed by atoms with Crippen LogP contribution in [0.2, 0.25) is 0 Å². The fraction of sp³-hybridized carbons (Fsp3) is 0.769. The number of aromatic nitrogens is 2. The minimum atomic E-state index is 0.810. The van der Waals surface area contributed by atoms with Gasteiger partial charge in [0, 0.05) is 13.2 Å². The third-order valence-electron chi connectivity index (χ3n) is 2.98. The van der Waals surface area contributed by atoms with Crippen molar-refractivity contribution in [3.8, 4) is 0 Å². The molecule has 1 unspecified atom stereocenters. The normalized spacial score (nSPS) is 12.9. The molecular formula is C13H25N3. The van der Waals surface area contributed by atoms with Crippen molar-refractivity contribution < 1.29 is 0 Å². The summed E-state index contributed by atoms with van der Waals surface area (Å²) >= 11 is 0. The van der Waals surface area contributed by atoms with Crippen molar-refractivity contribution in [3.05, 3.63) is 18.0 Å². The van der Waals surface area contributed by atoms with E-state index in [1.807, 2.05) is 17.9 Å². The Labute approximate surface area is 99.2 Å². The highest BCUT2D eigenvalue weighted by Gasteiger charge is 2.07. The van der Waals surface area contributed by atoms with Crippen LogP contribution in [-0.2, 0) is 13.5 Å². The standard InChI is InChI=1S/C13H25N3/c1-4-6-12(9-14-5-2)7-8-13-10-15-16(3)11-13/h10-12,14H,4-9H2,1-3H3. The first-order valence-electron chi connectivity index (χ1n) is 6.44. The van der Waals surface area contributed by atoms with Crippen molar-refractivity contribution in [2.75, 3.05) is 13.1 Å². The van der Waals surface area contributed by atoms with Gasteiger partial charge in [0.05, 0.1) is 6.20 Å². The highest BCUT2D eigenvalue weighted by molar-refractivity contribution is 5.03. The van der Waals surface area contributed by atoms with Crippen LogP contribution in [0.15, 0.2) is 12.4 Å². The van der Waals surface area contributed by atoms with Crippen LogP contribution in [0.3, 0.4) is 0 Å². The van der Waals surface area contributed by atoms with E-state index in [0.717, 1.165) is 25.4 Å². The molecule has 0 bridgehead atoms. The summed E-state index contributed by atoms with van der Waals surface area (Å²) in [5, 5.41) is 7.66. The van der Waals surface area contributed by atoms with E-state index in [-0.39, 0.29) is 0 Å². The van der Waals surface area contributed by atoms with Gasteiger partial charge in [0.1, 0.15) is 0 Å². The lowest BCUT2D eigenvalue weighted by Gasteiger charge is -2.15. The van der Waals surface area contributed by atoms with E-state index in [2.05, 4.69) is 30.5 Å². The molecule has 0 aliphatic rings. The van der Waals surface area contributed by atoms with Crippen LogP contribution in [0.25, 0.3) is 0 Å². The van der Waals surface area contributed by atoms with Crippen LogP contribution in [0, 0.1) is 5.92 Å². The predicted molar refractivity (Wildman–Crippen MR) is 68.5 cm³/mol. The van der Waals surface area contributed by atoms with Crippen molar-refractivity contribution in [3.63, 3.8) is 0 Å². The minimum absolute atomic E-state index is 0.810. The van der Waals surface area contributed by atoms with E-state index in [9.17, 15) is 0 Å². The number of aryl methyl sites for hydroxylation is 2. The second-order valence-corrected chi connectivity index (χ2v) is 4.52. The van der Waals surface area contributed by atoms with Crippen LogP contribution in [0.4, 0.5) is 0 Å². The summed E-state index contributed by atoms with van der Waals surface area (Å²) in [5.41, 5.74) is 1.36. The van der Waals surface area contributed by atoms with E-state index in [1.54, 1.807) is 0 Å². The molecular weight excluding hydrogens is 198 g/mol. The van der Waals surface area contributed by atoms with Gasteiger partial charge in [-0.05, 0) is 43.8 Å². The molecule has 0 saturated carbocycles. The van der Waals surface area contributed by atoms with E-state index in [4.69, 9.17) is 0 Å². The van der Waals surface area contributed by atoms with Crippen molar-refractivity contribution in [1.29, 1.82) is 0 Å². The predicted octanol–water partition coefficient (Wildman–Crippen LogP) is 2.38. The molecule has 16 heavy (non-hydrogen) atoms. The average molecular weight is 223 g/mol. The molecule has 1 aromatic heterocycles. The molecule has 3 nitrogen and oxygen atoms in total. The maximum Gasteiger partial charge on any atom is 0.0521 e. The summed E-state index contributed by atoms with van der Waals surface area (Å²) in [7, 11) is 1.98. The van der Waals surface area contributed by atoms with Crippen LogP contribution in [0.5, 0.6) is 0 Å². The number of hydrogen-bond donors (Lipinski definition) is 1. The fourth-order valence-corrected chi connectivity index (χ4v) is 2.08. The summed E-state index contributed by atoms with van der Waals surface area (Å²) in [6.07, 6.45) is 9.14.